The van der Waals surface area contributed by atoms with Gasteiger partial charge in [-0.25, -0.2) is 0 Å². The van der Waals surface area contributed by atoms with E-state index >= 15 is 0 Å². The number of hydrogen-bond donors (Lipinski definition) is 2. The van der Waals surface area contributed by atoms with Gasteiger partial charge in [0.1, 0.15) is 0 Å². The lowest BCUT2D eigenvalue weighted by Gasteiger charge is -2.23. The van der Waals surface area contributed by atoms with Crippen LogP contribution in [0.4, 0.5) is 18.9 Å². The fourth-order valence-corrected chi connectivity index (χ4v) is 3.61. The van der Waals surface area contributed by atoms with Gasteiger partial charge < -0.3 is 15.5 Å². The number of likely N-dealkylation sites (tertiary alicyclic amines) is 1. The maximum absolute atomic E-state index is 12.5. The number of anilines is 1. The van der Waals surface area contributed by atoms with Crippen LogP contribution in [0.1, 0.15) is 26.7 Å². The summed E-state index contributed by atoms with van der Waals surface area (Å²) in [6.45, 7) is 8.29. The van der Waals surface area contributed by atoms with Gasteiger partial charge in [0.15, 0.2) is 5.96 Å². The van der Waals surface area contributed by atoms with Crippen molar-refractivity contribution in [1.82, 2.24) is 15.5 Å². The van der Waals surface area contributed by atoms with Crippen LogP contribution in [0.2, 0.25) is 0 Å². The van der Waals surface area contributed by atoms with Gasteiger partial charge in [-0.15, -0.1) is 0 Å². The van der Waals surface area contributed by atoms with E-state index < -0.39 is 12.7 Å². The highest BCUT2D eigenvalue weighted by atomic mass is 19.4. The van der Waals surface area contributed by atoms with Crippen LogP contribution in [-0.2, 0) is 0 Å². The topological polar surface area (TPSA) is 42.9 Å². The first-order valence-corrected chi connectivity index (χ1v) is 10.5. The van der Waals surface area contributed by atoms with Crippen molar-refractivity contribution in [3.63, 3.8) is 0 Å². The van der Waals surface area contributed by atoms with Gasteiger partial charge in [0, 0.05) is 45.0 Å². The highest BCUT2D eigenvalue weighted by Gasteiger charge is 2.34. The van der Waals surface area contributed by atoms with Crippen molar-refractivity contribution in [2.45, 2.75) is 32.9 Å². The Morgan fingerprint density at radius 1 is 1.21 bits per heavy atom. The number of nitrogens with one attached hydrogen (secondary N) is 2. The van der Waals surface area contributed by atoms with Gasteiger partial charge in [0.25, 0.3) is 0 Å². The molecule has 0 radical (unpaired) electrons. The van der Waals surface area contributed by atoms with E-state index in [2.05, 4.69) is 39.6 Å². The Bertz CT molecular complexity index is 606. The molecule has 1 aromatic carbocycles. The molecule has 0 bridgehead atoms. The van der Waals surface area contributed by atoms with E-state index in [1.54, 1.807) is 0 Å². The molecule has 1 aliphatic rings. The zero-order valence-electron chi connectivity index (χ0n) is 17.5. The van der Waals surface area contributed by atoms with Crippen molar-refractivity contribution in [2.75, 3.05) is 57.3 Å². The fourth-order valence-electron chi connectivity index (χ4n) is 3.61. The predicted octanol–water partition coefficient (Wildman–Crippen LogP) is 3.34. The smallest absolute Gasteiger partial charge is 0.372 e. The summed E-state index contributed by atoms with van der Waals surface area (Å²) in [5.41, 5.74) is 1.22. The van der Waals surface area contributed by atoms with Gasteiger partial charge in [-0.1, -0.05) is 18.2 Å². The summed E-state index contributed by atoms with van der Waals surface area (Å²) >= 11 is 0. The molecule has 1 atom stereocenters. The van der Waals surface area contributed by atoms with Crippen molar-refractivity contribution in [3.05, 3.63) is 30.3 Å². The summed E-state index contributed by atoms with van der Waals surface area (Å²) in [4.78, 5) is 8.40. The Labute approximate surface area is 172 Å². The number of alkyl halides is 3. The van der Waals surface area contributed by atoms with Crippen molar-refractivity contribution in [1.29, 1.82) is 0 Å². The molecule has 0 spiro atoms. The first kappa shape index (κ1) is 23.3. The highest BCUT2D eigenvalue weighted by molar-refractivity contribution is 5.79. The predicted molar refractivity (Wildman–Crippen MR) is 114 cm³/mol. The molecule has 8 heteroatoms. The minimum atomic E-state index is -4.12. The Balaban J connectivity index is 1.73. The third-order valence-electron chi connectivity index (χ3n) is 5.03. The second kappa shape index (κ2) is 11.9. The number of guanidine groups is 1. The lowest BCUT2D eigenvalue weighted by atomic mass is 10.1. The average molecular weight is 414 g/mol. The highest BCUT2D eigenvalue weighted by Crippen LogP contribution is 2.22. The van der Waals surface area contributed by atoms with E-state index in [9.17, 15) is 13.2 Å². The zero-order valence-corrected chi connectivity index (χ0v) is 17.5. The maximum Gasteiger partial charge on any atom is 0.401 e. The first-order valence-electron chi connectivity index (χ1n) is 10.5. The summed E-state index contributed by atoms with van der Waals surface area (Å²) in [6, 6.07) is 10.3. The zero-order chi connectivity index (χ0) is 21.1. The van der Waals surface area contributed by atoms with Crippen LogP contribution >= 0.6 is 0 Å². The van der Waals surface area contributed by atoms with E-state index in [1.807, 2.05) is 25.1 Å². The summed E-state index contributed by atoms with van der Waals surface area (Å²) in [7, 11) is 0. The summed E-state index contributed by atoms with van der Waals surface area (Å²) in [5.74, 6) is 0.922. The molecule has 164 valence electrons. The molecule has 1 fully saturated rings. The Morgan fingerprint density at radius 2 is 1.97 bits per heavy atom. The summed E-state index contributed by atoms with van der Waals surface area (Å²) in [6.07, 6.45) is -2.39. The molecule has 29 heavy (non-hydrogen) atoms. The molecule has 2 rings (SSSR count). The molecule has 2 N–H and O–H groups in total. The number of rotatable bonds is 10. The van der Waals surface area contributed by atoms with Crippen LogP contribution in [0.5, 0.6) is 0 Å². The van der Waals surface area contributed by atoms with Crippen LogP contribution in [-0.4, -0.2) is 69.4 Å². The molecule has 1 saturated heterocycles. The molecule has 1 aromatic rings. The lowest BCUT2D eigenvalue weighted by molar-refractivity contribution is -0.143. The molecule has 1 unspecified atom stereocenters. The van der Waals surface area contributed by atoms with Gasteiger partial charge in [0.2, 0.25) is 0 Å². The summed E-state index contributed by atoms with van der Waals surface area (Å²) < 4.78 is 37.6. The first-order chi connectivity index (χ1) is 13.9. The Hall–Kier alpha value is -1.96. The second-order valence-electron chi connectivity index (χ2n) is 7.42. The van der Waals surface area contributed by atoms with Gasteiger partial charge in [-0.2, -0.15) is 13.2 Å². The molecular formula is C21H34F3N5. The van der Waals surface area contributed by atoms with Gasteiger partial charge in [0.05, 0.1) is 6.54 Å². The third kappa shape index (κ3) is 8.94. The lowest BCUT2D eigenvalue weighted by Crippen LogP contribution is -2.39. The monoisotopic (exact) mass is 413 g/mol. The van der Waals surface area contributed by atoms with Crippen molar-refractivity contribution in [3.8, 4) is 0 Å². The van der Waals surface area contributed by atoms with Crippen LogP contribution in [0, 0.1) is 5.92 Å². The molecule has 0 aromatic heterocycles. The van der Waals surface area contributed by atoms with Crippen molar-refractivity contribution >= 4 is 11.6 Å². The third-order valence-corrected chi connectivity index (χ3v) is 5.03. The molecule has 0 saturated carbocycles. The van der Waals surface area contributed by atoms with Crippen LogP contribution in [0.25, 0.3) is 0 Å². The second-order valence-corrected chi connectivity index (χ2v) is 7.42. The molecule has 0 amide bonds. The van der Waals surface area contributed by atoms with E-state index in [0.29, 0.717) is 19.6 Å². The minimum Gasteiger partial charge on any atom is -0.372 e. The van der Waals surface area contributed by atoms with Crippen LogP contribution in [0.3, 0.4) is 0 Å². The normalized spacial score (nSPS) is 18.1. The van der Waals surface area contributed by atoms with Crippen LogP contribution in [0.15, 0.2) is 35.3 Å². The van der Waals surface area contributed by atoms with E-state index in [1.165, 1.54) is 10.6 Å². The number of halogens is 3. The standard InChI is InChI=1S/C21H34F3N5/c1-3-25-20(27-15-18-11-14-28(16-18)17-21(22,23)24)26-12-8-13-29(4-2)19-9-6-5-7-10-19/h5-7,9-10,18H,3-4,8,11-17H2,1-2H3,(H2,25,26,27). The number of benzene rings is 1. The number of hydrogen-bond acceptors (Lipinski definition) is 3. The molecule has 1 aliphatic heterocycles. The SMILES string of the molecule is CCNC(=NCC1CCN(CC(F)(F)F)C1)NCCCN(CC)c1ccccc1. The quantitative estimate of drug-likeness (QED) is 0.351. The van der Waals surface area contributed by atoms with Crippen LogP contribution < -0.4 is 15.5 Å². The van der Waals surface area contributed by atoms with Crippen molar-refractivity contribution < 1.29 is 13.2 Å². The minimum absolute atomic E-state index is 0.182. The Kier molecular flexibility index (Phi) is 9.57. The van der Waals surface area contributed by atoms with Gasteiger partial charge >= 0.3 is 6.18 Å². The molecular weight excluding hydrogens is 379 g/mol. The largest absolute Gasteiger partial charge is 0.401 e. The number of aliphatic imine (C=N–C) groups is 1. The number of para-hydroxylation sites is 1. The molecule has 0 aliphatic carbocycles. The Morgan fingerprint density at radius 3 is 2.62 bits per heavy atom. The fraction of sp³-hybridized carbons (Fsp3) is 0.667. The molecule has 1 heterocycles. The van der Waals surface area contributed by atoms with Crippen molar-refractivity contribution in [2.24, 2.45) is 10.9 Å². The van der Waals surface area contributed by atoms with E-state index in [-0.39, 0.29) is 5.92 Å². The summed E-state index contributed by atoms with van der Waals surface area (Å²) in [5, 5.41) is 6.57. The van der Waals surface area contributed by atoms with E-state index in [4.69, 9.17) is 0 Å². The van der Waals surface area contributed by atoms with Gasteiger partial charge in [-0.3, -0.25) is 9.89 Å². The van der Waals surface area contributed by atoms with E-state index in [0.717, 1.165) is 45.0 Å². The maximum atomic E-state index is 12.5. The molecule has 5 nitrogen and oxygen atoms in total. The van der Waals surface area contributed by atoms with Gasteiger partial charge in [-0.05, 0) is 51.3 Å². The average Bonchev–Trinajstić information content (AvgIpc) is 3.12. The number of nitrogens with zero attached hydrogens (tertiary/aromatic N) is 3.